The highest BCUT2D eigenvalue weighted by Crippen LogP contribution is 2.20. The van der Waals surface area contributed by atoms with E-state index in [-0.39, 0.29) is 6.61 Å². The molecule has 0 bridgehead atoms. The number of nitrogens with one attached hydrogen (secondary N) is 1. The number of anilines is 1. The number of thiazole rings is 1. The van der Waals surface area contributed by atoms with Gasteiger partial charge in [0.25, 0.3) is 0 Å². The van der Waals surface area contributed by atoms with E-state index in [4.69, 9.17) is 5.11 Å². The molecular weight excluding hydrogens is 260 g/mol. The van der Waals surface area contributed by atoms with Crippen molar-refractivity contribution < 1.29 is 9.67 Å². The minimum absolute atomic E-state index is 0.0985. The van der Waals surface area contributed by atoms with Gasteiger partial charge in [0, 0.05) is 17.6 Å². The van der Waals surface area contributed by atoms with Crippen LogP contribution >= 0.6 is 11.3 Å². The van der Waals surface area contributed by atoms with Crippen molar-refractivity contribution >= 4 is 27.8 Å². The summed E-state index contributed by atoms with van der Waals surface area (Å²) in [5.41, 5.74) is 1.89. The first-order valence-electron chi connectivity index (χ1n) is 6.17. The van der Waals surface area contributed by atoms with Crippen molar-refractivity contribution in [3.63, 3.8) is 0 Å². The highest BCUT2D eigenvalue weighted by molar-refractivity contribution is 7.12. The number of nitrogens with zero attached hydrogens (tertiary/aromatic N) is 3. The number of azo groups is 1. The first-order chi connectivity index (χ1) is 9.33. The largest absolute Gasteiger partial charge is 0.408 e. The summed E-state index contributed by atoms with van der Waals surface area (Å²) in [6.07, 6.45) is 1.89. The normalized spacial score (nSPS) is 11.1. The lowest BCUT2D eigenvalue weighted by atomic mass is 10.3. The van der Waals surface area contributed by atoms with Crippen molar-refractivity contribution in [2.75, 3.05) is 18.5 Å². The van der Waals surface area contributed by atoms with Crippen LogP contribution in [0.5, 0.6) is 0 Å². The summed E-state index contributed by atoms with van der Waals surface area (Å²) in [6, 6.07) is 7.80. The second-order valence-corrected chi connectivity index (χ2v) is 4.75. The van der Waals surface area contributed by atoms with Crippen molar-refractivity contribution in [1.82, 2.24) is 0 Å². The standard InChI is InChI=1S/C13H16N4OS/c1-2-14-11-3-5-12(6-4-11)15-16-13-17(7-9-18)8-10-19-13/h3-6,8,10,18H,2,7,9H2,1H3/p+1. The molecule has 0 radical (unpaired) electrons. The van der Waals surface area contributed by atoms with Gasteiger partial charge in [-0.1, -0.05) is 0 Å². The Morgan fingerprint density at radius 1 is 1.26 bits per heavy atom. The molecule has 0 unspecified atom stereocenters. The Kier molecular flexibility index (Phi) is 5.00. The third-order valence-corrected chi connectivity index (χ3v) is 3.28. The molecule has 19 heavy (non-hydrogen) atoms. The second-order valence-electron chi connectivity index (χ2n) is 3.88. The van der Waals surface area contributed by atoms with Crippen LogP contribution in [0.25, 0.3) is 0 Å². The molecule has 2 N–H and O–H groups in total. The van der Waals surface area contributed by atoms with Crippen LogP contribution in [0.3, 0.4) is 0 Å². The van der Waals surface area contributed by atoms with Crippen LogP contribution < -0.4 is 9.88 Å². The average Bonchev–Trinajstić information content (AvgIpc) is 2.86. The number of hydrogen-bond donors (Lipinski definition) is 2. The van der Waals surface area contributed by atoms with Gasteiger partial charge in [-0.05, 0) is 47.6 Å². The van der Waals surface area contributed by atoms with E-state index in [9.17, 15) is 0 Å². The molecule has 5 nitrogen and oxygen atoms in total. The van der Waals surface area contributed by atoms with E-state index in [1.165, 1.54) is 11.3 Å². The van der Waals surface area contributed by atoms with Crippen molar-refractivity contribution in [3.05, 3.63) is 35.8 Å². The number of hydrogen-bond acceptors (Lipinski definition) is 5. The Morgan fingerprint density at radius 2 is 2.05 bits per heavy atom. The lowest BCUT2D eigenvalue weighted by molar-refractivity contribution is -0.681. The van der Waals surface area contributed by atoms with Gasteiger partial charge in [-0.15, -0.1) is 0 Å². The lowest BCUT2D eigenvalue weighted by Gasteiger charge is -2.00. The van der Waals surface area contributed by atoms with Gasteiger partial charge in [0.2, 0.25) is 0 Å². The number of benzene rings is 1. The summed E-state index contributed by atoms with van der Waals surface area (Å²) in [6.45, 7) is 3.60. The Hall–Kier alpha value is -1.79. The second kappa shape index (κ2) is 6.96. The Labute approximate surface area is 116 Å². The molecule has 0 fully saturated rings. The lowest BCUT2D eigenvalue weighted by Crippen LogP contribution is -2.32. The van der Waals surface area contributed by atoms with E-state index in [2.05, 4.69) is 22.5 Å². The fraction of sp³-hybridized carbons (Fsp3) is 0.308. The van der Waals surface area contributed by atoms with Crippen LogP contribution in [0.2, 0.25) is 0 Å². The fourth-order valence-electron chi connectivity index (χ4n) is 1.61. The van der Waals surface area contributed by atoms with E-state index < -0.39 is 0 Å². The number of aliphatic hydroxyl groups is 1. The summed E-state index contributed by atoms with van der Waals surface area (Å²) in [7, 11) is 0. The molecule has 0 saturated carbocycles. The van der Waals surface area contributed by atoms with Crippen LogP contribution in [0.4, 0.5) is 16.5 Å². The molecule has 0 amide bonds. The molecule has 2 rings (SSSR count). The topological polar surface area (TPSA) is 60.9 Å². The molecule has 0 aliphatic heterocycles. The molecule has 6 heteroatoms. The van der Waals surface area contributed by atoms with Crippen molar-refractivity contribution in [3.8, 4) is 0 Å². The quantitative estimate of drug-likeness (QED) is 0.630. The van der Waals surface area contributed by atoms with E-state index in [1.54, 1.807) is 0 Å². The Morgan fingerprint density at radius 3 is 2.74 bits per heavy atom. The first-order valence-corrected chi connectivity index (χ1v) is 7.05. The summed E-state index contributed by atoms with van der Waals surface area (Å²) in [5, 5.41) is 23.3. The van der Waals surface area contributed by atoms with Gasteiger partial charge in [-0.3, -0.25) is 0 Å². The molecule has 2 aromatic rings. The van der Waals surface area contributed by atoms with Gasteiger partial charge in [-0.25, -0.2) is 4.57 Å². The average molecular weight is 277 g/mol. The van der Waals surface area contributed by atoms with Gasteiger partial charge in [0.15, 0.2) is 0 Å². The zero-order valence-electron chi connectivity index (χ0n) is 10.8. The maximum atomic E-state index is 8.93. The zero-order valence-corrected chi connectivity index (χ0v) is 11.6. The smallest absolute Gasteiger partial charge is 0.392 e. The van der Waals surface area contributed by atoms with E-state index in [0.29, 0.717) is 6.54 Å². The molecular formula is C13H17N4OS+. The predicted octanol–water partition coefficient (Wildman–Crippen LogP) is 2.88. The summed E-state index contributed by atoms with van der Waals surface area (Å²) < 4.78 is 1.88. The SMILES string of the molecule is CCNc1ccc(N=Nc2scc[n+]2CCO)cc1. The van der Waals surface area contributed by atoms with Gasteiger partial charge in [-0.2, -0.15) is 0 Å². The van der Waals surface area contributed by atoms with Crippen LogP contribution in [0, 0.1) is 0 Å². The van der Waals surface area contributed by atoms with Crippen LogP contribution in [0.15, 0.2) is 46.1 Å². The third kappa shape index (κ3) is 3.84. The Bertz CT molecular complexity index is 536. The summed E-state index contributed by atoms with van der Waals surface area (Å²) >= 11 is 1.50. The highest BCUT2D eigenvalue weighted by atomic mass is 32.1. The summed E-state index contributed by atoms with van der Waals surface area (Å²) in [4.78, 5) is 0. The van der Waals surface area contributed by atoms with Crippen molar-refractivity contribution in [2.45, 2.75) is 13.5 Å². The van der Waals surface area contributed by atoms with Crippen molar-refractivity contribution in [2.24, 2.45) is 10.2 Å². The first kappa shape index (κ1) is 13.6. The van der Waals surface area contributed by atoms with E-state index in [0.717, 1.165) is 23.1 Å². The van der Waals surface area contributed by atoms with Crippen LogP contribution in [0.1, 0.15) is 6.92 Å². The van der Waals surface area contributed by atoms with Crippen LogP contribution in [-0.4, -0.2) is 18.3 Å². The van der Waals surface area contributed by atoms with Gasteiger partial charge in [0.05, 0.1) is 11.7 Å². The maximum absolute atomic E-state index is 8.93. The molecule has 0 saturated heterocycles. The third-order valence-electron chi connectivity index (χ3n) is 2.50. The molecule has 1 aromatic heterocycles. The fourth-order valence-corrected chi connectivity index (χ4v) is 2.31. The minimum atomic E-state index is 0.0985. The molecule has 0 aliphatic carbocycles. The van der Waals surface area contributed by atoms with E-state index >= 15 is 0 Å². The molecule has 0 atom stereocenters. The maximum Gasteiger partial charge on any atom is 0.408 e. The Balaban J connectivity index is 2.07. The highest BCUT2D eigenvalue weighted by Gasteiger charge is 2.10. The molecule has 0 spiro atoms. The van der Waals surface area contributed by atoms with Gasteiger partial charge >= 0.3 is 5.13 Å². The monoisotopic (exact) mass is 277 g/mol. The van der Waals surface area contributed by atoms with Gasteiger partial charge < -0.3 is 10.4 Å². The molecule has 1 heterocycles. The number of aromatic nitrogens is 1. The molecule has 1 aromatic carbocycles. The zero-order chi connectivity index (χ0) is 13.5. The number of aliphatic hydroxyl groups excluding tert-OH is 1. The summed E-state index contributed by atoms with van der Waals surface area (Å²) in [5.74, 6) is 0. The number of rotatable bonds is 6. The van der Waals surface area contributed by atoms with Gasteiger partial charge in [0.1, 0.15) is 18.4 Å². The minimum Gasteiger partial charge on any atom is -0.392 e. The predicted molar refractivity (Wildman–Crippen MR) is 76.4 cm³/mol. The molecule has 0 aliphatic rings. The molecule has 100 valence electrons. The van der Waals surface area contributed by atoms with Crippen LogP contribution in [-0.2, 0) is 6.54 Å². The van der Waals surface area contributed by atoms with Crippen molar-refractivity contribution in [1.29, 1.82) is 0 Å². The van der Waals surface area contributed by atoms with E-state index in [1.807, 2.05) is 40.4 Å².